The Morgan fingerprint density at radius 1 is 0.917 bits per heavy atom. The molecule has 1 aliphatic carbocycles. The largest absolute Gasteiger partial charge is 0.255 e. The number of benzene rings is 2. The molecule has 2 heteroatoms. The van der Waals surface area contributed by atoms with Gasteiger partial charge in [-0.3, -0.25) is 4.98 Å². The zero-order valence-corrected chi connectivity index (χ0v) is 14.6. The first-order valence-electron chi connectivity index (χ1n) is 8.70. The van der Waals surface area contributed by atoms with Crippen molar-refractivity contribution in [1.82, 2.24) is 4.98 Å². The molecule has 118 valence electrons. The molecule has 0 N–H and O–H groups in total. The van der Waals surface area contributed by atoms with Crippen LogP contribution in [0.4, 0.5) is 0 Å². The van der Waals surface area contributed by atoms with Crippen molar-refractivity contribution in [2.75, 3.05) is 0 Å². The SMILES string of the molecule is Cc1cccc(-c2nccc3c2sc2cc4c(cc23)CCCC4)c1. The first kappa shape index (κ1) is 14.2. The maximum atomic E-state index is 4.72. The van der Waals surface area contributed by atoms with E-state index in [2.05, 4.69) is 49.4 Å². The van der Waals surface area contributed by atoms with Gasteiger partial charge in [-0.15, -0.1) is 11.3 Å². The predicted molar refractivity (Wildman–Crippen MR) is 104 cm³/mol. The van der Waals surface area contributed by atoms with E-state index in [1.165, 1.54) is 57.0 Å². The van der Waals surface area contributed by atoms with Gasteiger partial charge in [0, 0.05) is 27.2 Å². The minimum Gasteiger partial charge on any atom is -0.255 e. The number of fused-ring (bicyclic) bond motifs is 4. The Kier molecular flexibility index (Phi) is 3.20. The van der Waals surface area contributed by atoms with Gasteiger partial charge in [0.15, 0.2) is 0 Å². The van der Waals surface area contributed by atoms with Crippen LogP contribution in [-0.4, -0.2) is 4.98 Å². The highest BCUT2D eigenvalue weighted by Gasteiger charge is 2.15. The second-order valence-corrected chi connectivity index (χ2v) is 7.88. The summed E-state index contributed by atoms with van der Waals surface area (Å²) in [7, 11) is 0. The smallest absolute Gasteiger partial charge is 0.0880 e. The number of rotatable bonds is 1. The third-order valence-corrected chi connectivity index (χ3v) is 6.32. The van der Waals surface area contributed by atoms with Crippen LogP contribution in [0.15, 0.2) is 48.7 Å². The fourth-order valence-corrected chi connectivity index (χ4v) is 5.18. The number of aromatic nitrogens is 1. The molecule has 1 aliphatic rings. The van der Waals surface area contributed by atoms with Crippen molar-refractivity contribution < 1.29 is 0 Å². The van der Waals surface area contributed by atoms with Crippen LogP contribution in [0.1, 0.15) is 29.5 Å². The third-order valence-electron chi connectivity index (χ3n) is 5.14. The summed E-state index contributed by atoms with van der Waals surface area (Å²) in [6.45, 7) is 2.14. The lowest BCUT2D eigenvalue weighted by Gasteiger charge is -2.15. The molecule has 0 atom stereocenters. The quantitative estimate of drug-likeness (QED) is 0.399. The van der Waals surface area contributed by atoms with Crippen LogP contribution in [0.5, 0.6) is 0 Å². The summed E-state index contributed by atoms with van der Waals surface area (Å²) in [5.41, 5.74) is 6.74. The van der Waals surface area contributed by atoms with Gasteiger partial charge in [-0.1, -0.05) is 23.8 Å². The topological polar surface area (TPSA) is 12.9 Å². The van der Waals surface area contributed by atoms with Gasteiger partial charge >= 0.3 is 0 Å². The Morgan fingerprint density at radius 3 is 2.58 bits per heavy atom. The first-order chi connectivity index (χ1) is 11.8. The van der Waals surface area contributed by atoms with E-state index in [9.17, 15) is 0 Å². The van der Waals surface area contributed by atoms with Crippen molar-refractivity contribution in [1.29, 1.82) is 0 Å². The summed E-state index contributed by atoms with van der Waals surface area (Å²) in [6, 6.07) is 15.7. The van der Waals surface area contributed by atoms with E-state index in [4.69, 9.17) is 4.98 Å². The molecule has 0 saturated heterocycles. The third kappa shape index (κ3) is 2.17. The summed E-state index contributed by atoms with van der Waals surface area (Å²) in [4.78, 5) is 4.72. The molecule has 0 bridgehead atoms. The molecular weight excluding hydrogens is 310 g/mol. The average molecular weight is 329 g/mol. The Hall–Kier alpha value is -2.19. The van der Waals surface area contributed by atoms with Crippen LogP contribution < -0.4 is 0 Å². The maximum Gasteiger partial charge on any atom is 0.0880 e. The lowest BCUT2D eigenvalue weighted by Crippen LogP contribution is -2.01. The van der Waals surface area contributed by atoms with Crippen LogP contribution in [-0.2, 0) is 12.8 Å². The van der Waals surface area contributed by atoms with E-state index in [1.54, 1.807) is 11.1 Å². The molecule has 4 aromatic rings. The van der Waals surface area contributed by atoms with E-state index in [-0.39, 0.29) is 0 Å². The van der Waals surface area contributed by atoms with E-state index >= 15 is 0 Å². The van der Waals surface area contributed by atoms with E-state index < -0.39 is 0 Å². The minimum absolute atomic E-state index is 1.12. The Morgan fingerprint density at radius 2 is 1.75 bits per heavy atom. The molecule has 5 rings (SSSR count). The fourth-order valence-electron chi connectivity index (χ4n) is 3.93. The Bertz CT molecular complexity index is 1070. The normalized spacial score (nSPS) is 14.2. The molecule has 2 aromatic carbocycles. The molecule has 0 amide bonds. The summed E-state index contributed by atoms with van der Waals surface area (Å²) in [5.74, 6) is 0. The number of thiophene rings is 1. The summed E-state index contributed by atoms with van der Waals surface area (Å²) >= 11 is 1.90. The van der Waals surface area contributed by atoms with Crippen molar-refractivity contribution in [3.8, 4) is 11.3 Å². The fraction of sp³-hybridized carbons (Fsp3) is 0.227. The van der Waals surface area contributed by atoms with Crippen LogP contribution in [0.3, 0.4) is 0 Å². The second-order valence-electron chi connectivity index (χ2n) is 6.83. The van der Waals surface area contributed by atoms with E-state index in [1.807, 2.05) is 17.5 Å². The van der Waals surface area contributed by atoms with Crippen LogP contribution in [0, 0.1) is 6.92 Å². The number of hydrogen-bond donors (Lipinski definition) is 0. The average Bonchev–Trinajstić information content (AvgIpc) is 2.97. The summed E-state index contributed by atoms with van der Waals surface area (Å²) in [5, 5.41) is 2.77. The molecule has 0 unspecified atom stereocenters. The molecule has 0 aliphatic heterocycles. The van der Waals surface area contributed by atoms with Gasteiger partial charge in [0.25, 0.3) is 0 Å². The van der Waals surface area contributed by atoms with E-state index in [0.717, 1.165) is 5.69 Å². The van der Waals surface area contributed by atoms with Gasteiger partial charge in [0.2, 0.25) is 0 Å². The van der Waals surface area contributed by atoms with Crippen molar-refractivity contribution in [3.05, 3.63) is 65.4 Å². The highest BCUT2D eigenvalue weighted by Crippen LogP contribution is 2.40. The Labute approximate surface area is 146 Å². The molecule has 1 nitrogen and oxygen atoms in total. The van der Waals surface area contributed by atoms with E-state index in [0.29, 0.717) is 0 Å². The van der Waals surface area contributed by atoms with Crippen molar-refractivity contribution in [2.24, 2.45) is 0 Å². The van der Waals surface area contributed by atoms with Gasteiger partial charge in [0.1, 0.15) is 0 Å². The molecule has 0 radical (unpaired) electrons. The first-order valence-corrected chi connectivity index (χ1v) is 9.51. The van der Waals surface area contributed by atoms with Crippen LogP contribution in [0.25, 0.3) is 31.4 Å². The lowest BCUT2D eigenvalue weighted by molar-refractivity contribution is 0.687. The highest BCUT2D eigenvalue weighted by atomic mass is 32.1. The number of hydrogen-bond acceptors (Lipinski definition) is 2. The van der Waals surface area contributed by atoms with Gasteiger partial charge in [-0.25, -0.2) is 0 Å². The minimum atomic E-state index is 1.12. The zero-order valence-electron chi connectivity index (χ0n) is 13.8. The molecule has 0 saturated carbocycles. The second kappa shape index (κ2) is 5.42. The predicted octanol–water partition coefficient (Wildman–Crippen LogP) is 6.30. The number of pyridine rings is 1. The molecule has 24 heavy (non-hydrogen) atoms. The van der Waals surface area contributed by atoms with Crippen molar-refractivity contribution in [3.63, 3.8) is 0 Å². The number of nitrogens with zero attached hydrogens (tertiary/aromatic N) is 1. The molecular formula is C22H19NS. The van der Waals surface area contributed by atoms with Gasteiger partial charge in [-0.05, 0) is 68.0 Å². The van der Waals surface area contributed by atoms with Crippen LogP contribution in [0.2, 0.25) is 0 Å². The molecule has 2 heterocycles. The standard InChI is InChI=1S/C22H19NS/c1-14-5-4-8-17(11-14)21-22-18(9-10-23-21)19-12-15-6-2-3-7-16(15)13-20(19)24-22/h4-5,8-13H,2-3,6-7H2,1H3. The highest BCUT2D eigenvalue weighted by molar-refractivity contribution is 7.26. The Balaban J connectivity index is 1.81. The van der Waals surface area contributed by atoms with Crippen molar-refractivity contribution >= 4 is 31.5 Å². The molecule has 0 fully saturated rings. The van der Waals surface area contributed by atoms with Gasteiger partial charge in [-0.2, -0.15) is 0 Å². The summed E-state index contributed by atoms with van der Waals surface area (Å²) in [6.07, 6.45) is 7.10. The molecule has 0 spiro atoms. The van der Waals surface area contributed by atoms with Crippen LogP contribution >= 0.6 is 11.3 Å². The van der Waals surface area contributed by atoms with Crippen molar-refractivity contribution in [2.45, 2.75) is 32.6 Å². The lowest BCUT2D eigenvalue weighted by atomic mass is 9.90. The zero-order chi connectivity index (χ0) is 16.1. The summed E-state index contributed by atoms with van der Waals surface area (Å²) < 4.78 is 2.73. The van der Waals surface area contributed by atoms with Gasteiger partial charge in [0.05, 0.1) is 10.4 Å². The monoisotopic (exact) mass is 329 g/mol. The van der Waals surface area contributed by atoms with Gasteiger partial charge < -0.3 is 0 Å². The molecule has 2 aromatic heterocycles. The maximum absolute atomic E-state index is 4.72. The number of aryl methyl sites for hydroxylation is 3.